The Balaban J connectivity index is 0.00000338. The highest BCUT2D eigenvalue weighted by molar-refractivity contribution is 14.0. The summed E-state index contributed by atoms with van der Waals surface area (Å²) in [5, 5.41) is 6.68. The minimum Gasteiger partial charge on any atom is -0.496 e. The fourth-order valence-electron chi connectivity index (χ4n) is 2.60. The van der Waals surface area contributed by atoms with E-state index in [1.54, 1.807) is 7.11 Å². The molecule has 0 aliphatic carbocycles. The molecule has 2 heterocycles. The van der Waals surface area contributed by atoms with E-state index in [4.69, 9.17) is 4.74 Å². The van der Waals surface area contributed by atoms with Gasteiger partial charge in [0.1, 0.15) is 5.75 Å². The zero-order valence-electron chi connectivity index (χ0n) is 16.2. The number of halogens is 1. The van der Waals surface area contributed by atoms with E-state index in [1.807, 2.05) is 31.4 Å². The molecule has 2 rings (SSSR count). The van der Waals surface area contributed by atoms with Gasteiger partial charge in [0.25, 0.3) is 0 Å². The summed E-state index contributed by atoms with van der Waals surface area (Å²) in [6.07, 6.45) is 2.92. The molecule has 7 heteroatoms. The van der Waals surface area contributed by atoms with Crippen LogP contribution in [0.3, 0.4) is 0 Å². The third kappa shape index (κ3) is 6.12. The molecule has 0 saturated heterocycles. The summed E-state index contributed by atoms with van der Waals surface area (Å²) in [6, 6.07) is 4.37. The summed E-state index contributed by atoms with van der Waals surface area (Å²) in [7, 11) is 1.69. The number of ether oxygens (including phenoxy) is 1. The Morgan fingerprint density at radius 3 is 2.54 bits per heavy atom. The van der Waals surface area contributed by atoms with Gasteiger partial charge in [-0.15, -0.1) is 35.3 Å². The van der Waals surface area contributed by atoms with E-state index in [2.05, 4.69) is 46.6 Å². The molecule has 2 aromatic heterocycles. The van der Waals surface area contributed by atoms with Crippen LogP contribution in [0.1, 0.15) is 40.4 Å². The lowest BCUT2D eigenvalue weighted by atomic mass is 10.1. The summed E-state index contributed by atoms with van der Waals surface area (Å²) in [5.74, 6) is 1.69. The van der Waals surface area contributed by atoms with Gasteiger partial charge in [-0.2, -0.15) is 0 Å². The van der Waals surface area contributed by atoms with Crippen LogP contribution in [0.5, 0.6) is 5.75 Å². The van der Waals surface area contributed by atoms with Crippen LogP contribution >= 0.6 is 35.3 Å². The van der Waals surface area contributed by atoms with Crippen molar-refractivity contribution in [2.75, 3.05) is 13.7 Å². The molecule has 0 radical (unpaired) electrons. The lowest BCUT2D eigenvalue weighted by Gasteiger charge is -2.13. The van der Waals surface area contributed by atoms with Gasteiger partial charge in [0.2, 0.25) is 0 Å². The van der Waals surface area contributed by atoms with E-state index in [-0.39, 0.29) is 24.0 Å². The van der Waals surface area contributed by atoms with Crippen LogP contribution in [0, 0.1) is 13.8 Å². The Labute approximate surface area is 177 Å². The Bertz CT molecular complexity index is 730. The second kappa shape index (κ2) is 11.4. The molecule has 0 aliphatic rings. The number of pyridine rings is 1. The number of rotatable bonds is 7. The maximum absolute atomic E-state index is 5.47. The molecular weight excluding hydrogens is 459 g/mol. The van der Waals surface area contributed by atoms with E-state index < -0.39 is 0 Å². The maximum Gasteiger partial charge on any atom is 0.191 e. The van der Waals surface area contributed by atoms with Gasteiger partial charge in [-0.1, -0.05) is 6.92 Å². The maximum atomic E-state index is 5.47. The molecule has 2 N–H and O–H groups in total. The first-order valence-electron chi connectivity index (χ1n) is 8.67. The quantitative estimate of drug-likeness (QED) is 0.349. The monoisotopic (exact) mass is 488 g/mol. The molecule has 0 aromatic carbocycles. The van der Waals surface area contributed by atoms with E-state index in [9.17, 15) is 0 Å². The minimum absolute atomic E-state index is 0. The van der Waals surface area contributed by atoms with Gasteiger partial charge in [-0.3, -0.25) is 4.98 Å². The van der Waals surface area contributed by atoms with Crippen LogP contribution in [0.4, 0.5) is 0 Å². The Morgan fingerprint density at radius 2 is 1.92 bits per heavy atom. The number of nitrogens with one attached hydrogen (secondary N) is 2. The number of aryl methyl sites for hydroxylation is 2. The first-order chi connectivity index (χ1) is 12.1. The van der Waals surface area contributed by atoms with Crippen molar-refractivity contribution in [3.63, 3.8) is 0 Å². The average Bonchev–Trinajstić information content (AvgIpc) is 3.07. The fraction of sp³-hybridized carbons (Fsp3) is 0.474. The number of aliphatic imine (C=N–C) groups is 1. The molecule has 0 bridgehead atoms. The number of aromatic nitrogens is 1. The molecular formula is C19H29IN4OS. The fourth-order valence-corrected chi connectivity index (χ4v) is 3.50. The van der Waals surface area contributed by atoms with Crippen LogP contribution in [-0.4, -0.2) is 24.6 Å². The molecule has 2 aromatic rings. The van der Waals surface area contributed by atoms with Crippen LogP contribution in [0.2, 0.25) is 0 Å². The Hall–Kier alpha value is -1.35. The third-order valence-electron chi connectivity index (χ3n) is 3.98. The van der Waals surface area contributed by atoms with Crippen LogP contribution in [-0.2, 0) is 19.5 Å². The molecule has 0 saturated carbocycles. The van der Waals surface area contributed by atoms with Crippen molar-refractivity contribution in [1.29, 1.82) is 0 Å². The highest BCUT2D eigenvalue weighted by Crippen LogP contribution is 2.24. The summed E-state index contributed by atoms with van der Waals surface area (Å²) in [5.41, 5.74) is 3.03. The van der Waals surface area contributed by atoms with Crippen LogP contribution < -0.4 is 15.4 Å². The van der Waals surface area contributed by atoms with Crippen molar-refractivity contribution in [2.45, 2.75) is 47.2 Å². The number of methoxy groups -OCH3 is 1. The summed E-state index contributed by atoms with van der Waals surface area (Å²) >= 11 is 1.84. The highest BCUT2D eigenvalue weighted by atomic mass is 127. The topological polar surface area (TPSA) is 58.5 Å². The number of thiophene rings is 1. The molecule has 26 heavy (non-hydrogen) atoms. The minimum atomic E-state index is 0. The van der Waals surface area contributed by atoms with Crippen molar-refractivity contribution in [1.82, 2.24) is 15.6 Å². The van der Waals surface area contributed by atoms with Crippen molar-refractivity contribution in [3.05, 3.63) is 44.9 Å². The summed E-state index contributed by atoms with van der Waals surface area (Å²) in [4.78, 5) is 11.9. The normalized spacial score (nSPS) is 11.0. The lowest BCUT2D eigenvalue weighted by molar-refractivity contribution is 0.407. The molecule has 5 nitrogen and oxygen atoms in total. The third-order valence-corrected chi connectivity index (χ3v) is 5.21. The molecule has 0 spiro atoms. The van der Waals surface area contributed by atoms with E-state index in [0.717, 1.165) is 48.0 Å². The molecule has 144 valence electrons. The van der Waals surface area contributed by atoms with E-state index in [1.165, 1.54) is 9.75 Å². The van der Waals surface area contributed by atoms with Gasteiger partial charge in [-0.05, 0) is 39.3 Å². The van der Waals surface area contributed by atoms with Gasteiger partial charge >= 0.3 is 0 Å². The highest BCUT2D eigenvalue weighted by Gasteiger charge is 2.09. The molecule has 0 amide bonds. The van der Waals surface area contributed by atoms with Gasteiger partial charge in [-0.25, -0.2) is 4.99 Å². The van der Waals surface area contributed by atoms with Crippen molar-refractivity contribution >= 4 is 41.3 Å². The second-order valence-corrected chi connectivity index (χ2v) is 7.07. The summed E-state index contributed by atoms with van der Waals surface area (Å²) in [6.45, 7) is 10.4. The molecule has 0 fully saturated rings. The first kappa shape index (κ1) is 22.7. The predicted molar refractivity (Wildman–Crippen MR) is 121 cm³/mol. The Morgan fingerprint density at radius 1 is 1.19 bits per heavy atom. The number of hydrogen-bond donors (Lipinski definition) is 2. The first-order valence-corrected chi connectivity index (χ1v) is 9.49. The SMILES string of the molecule is CCNC(=NCc1ncc(C)c(OC)c1C)NCc1ccc(CC)s1.I. The number of guanidine groups is 1. The van der Waals surface area contributed by atoms with Gasteiger partial charge < -0.3 is 15.4 Å². The standard InChI is InChI=1S/C19H28N4OS.HI/c1-6-15-8-9-16(25-15)11-22-19(20-7-2)23-12-17-14(4)18(24-5)13(3)10-21-17;/h8-10H,6-7,11-12H2,1-5H3,(H2,20,22,23);1H. The van der Waals surface area contributed by atoms with Crippen LogP contribution in [0.25, 0.3) is 0 Å². The van der Waals surface area contributed by atoms with E-state index >= 15 is 0 Å². The van der Waals surface area contributed by atoms with Gasteiger partial charge in [0, 0.05) is 33.6 Å². The van der Waals surface area contributed by atoms with Gasteiger partial charge in [0.15, 0.2) is 5.96 Å². The molecule has 0 aliphatic heterocycles. The molecule has 0 unspecified atom stereocenters. The zero-order valence-corrected chi connectivity index (χ0v) is 19.3. The average molecular weight is 488 g/mol. The van der Waals surface area contributed by atoms with Crippen LogP contribution in [0.15, 0.2) is 23.3 Å². The second-order valence-electron chi connectivity index (χ2n) is 5.82. The smallest absolute Gasteiger partial charge is 0.191 e. The largest absolute Gasteiger partial charge is 0.496 e. The van der Waals surface area contributed by atoms with Crippen molar-refractivity contribution in [3.8, 4) is 5.75 Å². The zero-order chi connectivity index (χ0) is 18.2. The van der Waals surface area contributed by atoms with Crippen molar-refractivity contribution in [2.24, 2.45) is 4.99 Å². The lowest BCUT2D eigenvalue weighted by Crippen LogP contribution is -2.36. The number of hydrogen-bond acceptors (Lipinski definition) is 4. The summed E-state index contributed by atoms with van der Waals surface area (Å²) < 4.78 is 5.47. The molecule has 0 atom stereocenters. The Kier molecular flexibility index (Phi) is 9.93. The predicted octanol–water partition coefficient (Wildman–Crippen LogP) is 4.20. The number of nitrogens with zero attached hydrogens (tertiary/aromatic N) is 2. The van der Waals surface area contributed by atoms with E-state index in [0.29, 0.717) is 6.54 Å². The van der Waals surface area contributed by atoms with Gasteiger partial charge in [0.05, 0.1) is 25.9 Å². The van der Waals surface area contributed by atoms with Crippen molar-refractivity contribution < 1.29 is 4.74 Å².